The average molecular weight is 221 g/mol. The molecule has 0 bridgehead atoms. The van der Waals surface area contributed by atoms with Crippen LogP contribution in [0.1, 0.15) is 12.0 Å². The van der Waals surface area contributed by atoms with Gasteiger partial charge in [0.2, 0.25) is 0 Å². The Morgan fingerprint density at radius 2 is 2.19 bits per heavy atom. The van der Waals surface area contributed by atoms with Crippen molar-refractivity contribution in [2.75, 3.05) is 6.61 Å². The normalized spacial score (nSPS) is 22.6. The SMILES string of the molecule is O=C(N[C@@H]1C[C@H]1CO)OCc1ccccc1. The second-order valence-electron chi connectivity index (χ2n) is 3.99. The quantitative estimate of drug-likeness (QED) is 0.805. The molecular weight excluding hydrogens is 206 g/mol. The highest BCUT2D eigenvalue weighted by molar-refractivity contribution is 5.68. The smallest absolute Gasteiger partial charge is 0.407 e. The van der Waals surface area contributed by atoms with Gasteiger partial charge in [-0.15, -0.1) is 0 Å². The molecule has 2 atom stereocenters. The monoisotopic (exact) mass is 221 g/mol. The number of rotatable bonds is 4. The number of hydrogen-bond acceptors (Lipinski definition) is 3. The van der Waals surface area contributed by atoms with Crippen LogP contribution in [0.15, 0.2) is 30.3 Å². The maximum atomic E-state index is 11.3. The number of alkyl carbamates (subject to hydrolysis) is 1. The minimum Gasteiger partial charge on any atom is -0.445 e. The van der Waals surface area contributed by atoms with Crippen molar-refractivity contribution in [1.82, 2.24) is 5.32 Å². The molecule has 0 heterocycles. The van der Waals surface area contributed by atoms with Crippen LogP contribution in [0.25, 0.3) is 0 Å². The molecule has 1 fully saturated rings. The van der Waals surface area contributed by atoms with E-state index in [9.17, 15) is 4.79 Å². The van der Waals surface area contributed by atoms with E-state index >= 15 is 0 Å². The molecule has 1 aromatic carbocycles. The Hall–Kier alpha value is -1.55. The standard InChI is InChI=1S/C12H15NO3/c14-7-10-6-11(10)13-12(15)16-8-9-4-2-1-3-5-9/h1-5,10-11,14H,6-8H2,(H,13,15)/t10-,11+/m0/s1. The van der Waals surface area contributed by atoms with E-state index < -0.39 is 6.09 Å². The van der Waals surface area contributed by atoms with Crippen LogP contribution in [0.5, 0.6) is 0 Å². The summed E-state index contributed by atoms with van der Waals surface area (Å²) in [5.41, 5.74) is 0.965. The van der Waals surface area contributed by atoms with Crippen molar-refractivity contribution in [3.05, 3.63) is 35.9 Å². The zero-order chi connectivity index (χ0) is 11.4. The summed E-state index contributed by atoms with van der Waals surface area (Å²) >= 11 is 0. The average Bonchev–Trinajstić information content (AvgIpc) is 3.06. The van der Waals surface area contributed by atoms with Crippen LogP contribution < -0.4 is 5.32 Å². The van der Waals surface area contributed by atoms with Gasteiger partial charge in [-0.2, -0.15) is 0 Å². The maximum absolute atomic E-state index is 11.3. The maximum Gasteiger partial charge on any atom is 0.407 e. The molecule has 1 aliphatic carbocycles. The number of benzene rings is 1. The first-order valence-electron chi connectivity index (χ1n) is 5.37. The van der Waals surface area contributed by atoms with E-state index in [0.717, 1.165) is 12.0 Å². The molecular formula is C12H15NO3. The van der Waals surface area contributed by atoms with Crippen molar-refractivity contribution in [1.29, 1.82) is 0 Å². The zero-order valence-corrected chi connectivity index (χ0v) is 8.93. The lowest BCUT2D eigenvalue weighted by atomic mass is 10.2. The second kappa shape index (κ2) is 4.99. The lowest BCUT2D eigenvalue weighted by Crippen LogP contribution is -2.27. The van der Waals surface area contributed by atoms with E-state index in [4.69, 9.17) is 9.84 Å². The van der Waals surface area contributed by atoms with Crippen LogP contribution in [-0.2, 0) is 11.3 Å². The number of ether oxygens (including phenoxy) is 1. The van der Waals surface area contributed by atoms with Crippen LogP contribution >= 0.6 is 0 Å². The summed E-state index contributed by atoms with van der Waals surface area (Å²) in [7, 11) is 0. The molecule has 0 aliphatic heterocycles. The van der Waals surface area contributed by atoms with Crippen LogP contribution in [0.2, 0.25) is 0 Å². The fourth-order valence-corrected chi connectivity index (χ4v) is 1.54. The van der Waals surface area contributed by atoms with Crippen LogP contribution in [-0.4, -0.2) is 23.8 Å². The van der Waals surface area contributed by atoms with Crippen LogP contribution in [0.4, 0.5) is 4.79 Å². The highest BCUT2D eigenvalue weighted by Crippen LogP contribution is 2.29. The molecule has 2 N–H and O–H groups in total. The molecule has 0 spiro atoms. The van der Waals surface area contributed by atoms with Crippen molar-refractivity contribution in [2.45, 2.75) is 19.1 Å². The van der Waals surface area contributed by atoms with Gasteiger partial charge in [-0.3, -0.25) is 0 Å². The lowest BCUT2D eigenvalue weighted by molar-refractivity contribution is 0.138. The Labute approximate surface area is 94.2 Å². The lowest BCUT2D eigenvalue weighted by Gasteiger charge is -2.06. The van der Waals surface area contributed by atoms with Crippen molar-refractivity contribution in [2.24, 2.45) is 5.92 Å². The third-order valence-corrected chi connectivity index (χ3v) is 2.67. The highest BCUT2D eigenvalue weighted by atomic mass is 16.5. The van der Waals surface area contributed by atoms with Gasteiger partial charge >= 0.3 is 6.09 Å². The van der Waals surface area contributed by atoms with Crippen molar-refractivity contribution in [3.8, 4) is 0 Å². The fraction of sp³-hybridized carbons (Fsp3) is 0.417. The van der Waals surface area contributed by atoms with Crippen molar-refractivity contribution >= 4 is 6.09 Å². The van der Waals surface area contributed by atoms with Gasteiger partial charge in [0.15, 0.2) is 0 Å². The minimum absolute atomic E-state index is 0.0910. The Kier molecular flexibility index (Phi) is 3.41. The Morgan fingerprint density at radius 3 is 2.81 bits per heavy atom. The fourth-order valence-electron chi connectivity index (χ4n) is 1.54. The molecule has 4 heteroatoms. The van der Waals surface area contributed by atoms with Crippen LogP contribution in [0.3, 0.4) is 0 Å². The summed E-state index contributed by atoms with van der Waals surface area (Å²) in [6, 6.07) is 9.62. The van der Waals surface area contributed by atoms with Gasteiger partial charge in [0.1, 0.15) is 6.61 Å². The molecule has 1 aromatic rings. The molecule has 0 radical (unpaired) electrons. The first kappa shape index (κ1) is 11.0. The predicted molar refractivity (Wildman–Crippen MR) is 58.7 cm³/mol. The van der Waals surface area contributed by atoms with Gasteiger partial charge in [-0.25, -0.2) is 4.79 Å². The van der Waals surface area contributed by atoms with Crippen molar-refractivity contribution < 1.29 is 14.6 Å². The van der Waals surface area contributed by atoms with E-state index in [-0.39, 0.29) is 25.2 Å². The number of carbonyl (C=O) groups excluding carboxylic acids is 1. The van der Waals surface area contributed by atoms with E-state index in [0.29, 0.717) is 0 Å². The molecule has 4 nitrogen and oxygen atoms in total. The molecule has 1 amide bonds. The summed E-state index contributed by atoms with van der Waals surface area (Å²) in [6.45, 7) is 0.410. The molecule has 0 unspecified atom stereocenters. The molecule has 2 rings (SSSR count). The number of amides is 1. The minimum atomic E-state index is -0.412. The van der Waals surface area contributed by atoms with Gasteiger partial charge in [0.05, 0.1) is 0 Å². The van der Waals surface area contributed by atoms with Gasteiger partial charge in [-0.05, 0) is 12.0 Å². The number of aliphatic hydroxyl groups is 1. The first-order valence-corrected chi connectivity index (χ1v) is 5.37. The summed E-state index contributed by atoms with van der Waals surface area (Å²) < 4.78 is 5.04. The zero-order valence-electron chi connectivity index (χ0n) is 8.93. The highest BCUT2D eigenvalue weighted by Gasteiger charge is 2.37. The molecule has 1 saturated carbocycles. The van der Waals surface area contributed by atoms with Gasteiger partial charge < -0.3 is 15.2 Å². The summed E-state index contributed by atoms with van der Waals surface area (Å²) in [5, 5.41) is 11.5. The Balaban J connectivity index is 1.69. The summed E-state index contributed by atoms with van der Waals surface area (Å²) in [4.78, 5) is 11.3. The summed E-state index contributed by atoms with van der Waals surface area (Å²) in [5.74, 6) is 0.212. The predicted octanol–water partition coefficient (Wildman–Crippen LogP) is 1.29. The first-order chi connectivity index (χ1) is 7.79. The Bertz CT molecular complexity index is 353. The molecule has 0 aromatic heterocycles. The van der Waals surface area contributed by atoms with E-state index in [1.807, 2.05) is 30.3 Å². The van der Waals surface area contributed by atoms with Gasteiger partial charge in [0.25, 0.3) is 0 Å². The summed E-state index contributed by atoms with van der Waals surface area (Å²) in [6.07, 6.45) is 0.432. The number of aliphatic hydroxyl groups excluding tert-OH is 1. The van der Waals surface area contributed by atoms with Crippen LogP contribution in [0, 0.1) is 5.92 Å². The molecule has 16 heavy (non-hydrogen) atoms. The van der Waals surface area contributed by atoms with Crippen molar-refractivity contribution in [3.63, 3.8) is 0 Å². The van der Waals surface area contributed by atoms with E-state index in [2.05, 4.69) is 5.32 Å². The third kappa shape index (κ3) is 2.97. The van der Waals surface area contributed by atoms with Gasteiger partial charge in [0, 0.05) is 18.6 Å². The van der Waals surface area contributed by atoms with E-state index in [1.54, 1.807) is 0 Å². The van der Waals surface area contributed by atoms with Gasteiger partial charge in [-0.1, -0.05) is 30.3 Å². The third-order valence-electron chi connectivity index (χ3n) is 2.67. The second-order valence-corrected chi connectivity index (χ2v) is 3.99. The Morgan fingerprint density at radius 1 is 1.44 bits per heavy atom. The number of carbonyl (C=O) groups is 1. The topological polar surface area (TPSA) is 58.6 Å². The number of nitrogens with one attached hydrogen (secondary N) is 1. The molecule has 1 aliphatic rings. The van der Waals surface area contributed by atoms with E-state index in [1.165, 1.54) is 0 Å². The molecule has 0 saturated heterocycles. The number of hydrogen-bond donors (Lipinski definition) is 2. The molecule has 86 valence electrons. The largest absolute Gasteiger partial charge is 0.445 e.